The fraction of sp³-hybridized carbons (Fsp3) is 0.242. The number of fused-ring (bicyclic) bond motifs is 1. The lowest BCUT2D eigenvalue weighted by atomic mass is 9.98. The van der Waals surface area contributed by atoms with Gasteiger partial charge in [0, 0.05) is 29.0 Å². The highest BCUT2D eigenvalue weighted by atomic mass is 32.2. The number of aliphatic hydroxyl groups excluding tert-OH is 1. The molecule has 0 spiro atoms. The van der Waals surface area contributed by atoms with Gasteiger partial charge in [0.15, 0.2) is 10.9 Å². The molecule has 5 aromatic rings. The van der Waals surface area contributed by atoms with Gasteiger partial charge < -0.3 is 14.2 Å². The molecule has 226 valence electrons. The van der Waals surface area contributed by atoms with Crippen molar-refractivity contribution in [1.29, 1.82) is 0 Å². The Bertz CT molecular complexity index is 1830. The van der Waals surface area contributed by atoms with Gasteiger partial charge in [0.05, 0.1) is 12.1 Å². The summed E-state index contributed by atoms with van der Waals surface area (Å²) in [6.45, 7) is -0.0670. The van der Waals surface area contributed by atoms with Crippen molar-refractivity contribution < 1.29 is 27.2 Å². The van der Waals surface area contributed by atoms with Crippen LogP contribution >= 0.6 is 11.8 Å². The minimum atomic E-state index is -4.39. The number of nitrogens with zero attached hydrogens (tertiary/aromatic N) is 3. The topological polar surface area (TPSA) is 81.2 Å². The molecule has 6 nitrogen and oxygen atoms in total. The Balaban J connectivity index is 1.26. The van der Waals surface area contributed by atoms with E-state index in [1.54, 1.807) is 12.1 Å². The molecule has 1 aliphatic rings. The van der Waals surface area contributed by atoms with E-state index in [1.807, 2.05) is 28.8 Å². The summed E-state index contributed by atoms with van der Waals surface area (Å²) in [7, 11) is 0. The van der Waals surface area contributed by atoms with E-state index >= 15 is 0 Å². The fourth-order valence-electron chi connectivity index (χ4n) is 5.44. The summed E-state index contributed by atoms with van der Waals surface area (Å²) in [6.07, 6.45) is -1.77. The van der Waals surface area contributed by atoms with Gasteiger partial charge >= 0.3 is 6.18 Å². The van der Waals surface area contributed by atoms with Crippen LogP contribution in [-0.2, 0) is 44.3 Å². The highest BCUT2D eigenvalue weighted by molar-refractivity contribution is 7.98. The Hall–Kier alpha value is -4.22. The van der Waals surface area contributed by atoms with E-state index < -0.39 is 11.7 Å². The molecule has 0 saturated carbocycles. The zero-order chi connectivity index (χ0) is 30.8. The summed E-state index contributed by atoms with van der Waals surface area (Å²) < 4.78 is 59.8. The number of hydrogen-bond acceptors (Lipinski definition) is 6. The molecule has 0 amide bonds. The number of rotatable bonds is 9. The van der Waals surface area contributed by atoms with Crippen LogP contribution in [0.3, 0.4) is 0 Å². The van der Waals surface area contributed by atoms with Gasteiger partial charge in [-0.1, -0.05) is 65.4 Å². The molecule has 2 aromatic heterocycles. The van der Waals surface area contributed by atoms with E-state index in [-0.39, 0.29) is 24.5 Å². The number of benzene rings is 3. The molecule has 0 aliphatic heterocycles. The van der Waals surface area contributed by atoms with Crippen molar-refractivity contribution in [2.45, 2.75) is 55.9 Å². The second kappa shape index (κ2) is 12.4. The summed E-state index contributed by atoms with van der Waals surface area (Å²) in [5.74, 6) is 0.501. The minimum Gasteiger partial charge on any atom is -0.388 e. The summed E-state index contributed by atoms with van der Waals surface area (Å²) in [5, 5.41) is 14.8. The highest BCUT2D eigenvalue weighted by Gasteiger charge is 2.30. The van der Waals surface area contributed by atoms with Crippen molar-refractivity contribution in [3.8, 4) is 11.1 Å². The molecule has 0 radical (unpaired) electrons. The van der Waals surface area contributed by atoms with Crippen molar-refractivity contribution in [2.24, 2.45) is 0 Å². The molecule has 11 heteroatoms. The van der Waals surface area contributed by atoms with E-state index in [0.717, 1.165) is 52.9 Å². The summed E-state index contributed by atoms with van der Waals surface area (Å²) >= 11 is 1.39. The van der Waals surface area contributed by atoms with E-state index in [9.17, 15) is 27.5 Å². The summed E-state index contributed by atoms with van der Waals surface area (Å²) in [4.78, 5) is 17.2. The second-order valence-electron chi connectivity index (χ2n) is 10.6. The van der Waals surface area contributed by atoms with Gasteiger partial charge in [-0.05, 0) is 65.8 Å². The van der Waals surface area contributed by atoms with Gasteiger partial charge in [-0.25, -0.2) is 4.39 Å². The van der Waals surface area contributed by atoms with E-state index in [4.69, 9.17) is 4.52 Å². The van der Waals surface area contributed by atoms with Gasteiger partial charge in [0.25, 0.3) is 5.56 Å². The molecule has 0 unspecified atom stereocenters. The van der Waals surface area contributed by atoms with E-state index in [2.05, 4.69) is 10.1 Å². The highest BCUT2D eigenvalue weighted by Crippen LogP contribution is 2.32. The van der Waals surface area contributed by atoms with Gasteiger partial charge in [0.2, 0.25) is 0 Å². The molecule has 0 bridgehead atoms. The van der Waals surface area contributed by atoms with Crippen LogP contribution in [0.25, 0.3) is 11.1 Å². The molecule has 0 saturated heterocycles. The second-order valence-corrected chi connectivity index (χ2v) is 11.6. The predicted molar refractivity (Wildman–Crippen MR) is 158 cm³/mol. The molecule has 44 heavy (non-hydrogen) atoms. The van der Waals surface area contributed by atoms with Crippen LogP contribution in [-0.4, -0.2) is 19.8 Å². The first-order valence-corrected chi connectivity index (χ1v) is 15.0. The molecule has 6 rings (SSSR count). The molecule has 1 N–H and O–H groups in total. The Morgan fingerprint density at radius 1 is 0.909 bits per heavy atom. The lowest BCUT2D eigenvalue weighted by Gasteiger charge is -2.17. The third kappa shape index (κ3) is 6.34. The monoisotopic (exact) mass is 621 g/mol. The number of aromatic nitrogens is 3. The summed E-state index contributed by atoms with van der Waals surface area (Å²) in [5.41, 5.74) is 5.21. The fourth-order valence-corrected chi connectivity index (χ4v) is 6.41. The van der Waals surface area contributed by atoms with Crippen LogP contribution in [0.2, 0.25) is 0 Å². The molecule has 0 atom stereocenters. The van der Waals surface area contributed by atoms with Crippen molar-refractivity contribution in [1.82, 2.24) is 14.7 Å². The first kappa shape index (κ1) is 29.8. The lowest BCUT2D eigenvalue weighted by Crippen LogP contribution is -2.22. The predicted octanol–water partition coefficient (Wildman–Crippen LogP) is 6.97. The standard InChI is InChI=1S/C33H27F4N3O3S/c34-25-14-6-21(7-15-25)19-44-32-38-31(42)26-2-1-3-29(26)40(32)17-28-27(30(18-41)43-39-28)16-20-4-8-22(9-5-20)23-10-12-24(13-11-23)33(35,36)37/h4-15,41H,1-3,16-19H2. The molecule has 2 heterocycles. The number of alkyl halides is 3. The zero-order valence-electron chi connectivity index (χ0n) is 23.4. The lowest BCUT2D eigenvalue weighted by molar-refractivity contribution is -0.137. The Morgan fingerprint density at radius 3 is 2.23 bits per heavy atom. The average Bonchev–Trinajstić information content (AvgIpc) is 3.66. The smallest absolute Gasteiger partial charge is 0.388 e. The molecule has 3 aromatic carbocycles. The first-order chi connectivity index (χ1) is 21.2. The van der Waals surface area contributed by atoms with Crippen LogP contribution in [0.4, 0.5) is 17.6 Å². The average molecular weight is 622 g/mol. The summed E-state index contributed by atoms with van der Waals surface area (Å²) in [6, 6.07) is 18.7. The van der Waals surface area contributed by atoms with Crippen molar-refractivity contribution in [3.05, 3.63) is 134 Å². The Kier molecular flexibility index (Phi) is 8.42. The largest absolute Gasteiger partial charge is 0.416 e. The Labute approximate surface area is 254 Å². The number of hydrogen-bond donors (Lipinski definition) is 1. The molecular weight excluding hydrogens is 594 g/mol. The van der Waals surface area contributed by atoms with Crippen molar-refractivity contribution in [3.63, 3.8) is 0 Å². The van der Waals surface area contributed by atoms with Crippen LogP contribution in [0.15, 0.2) is 87.3 Å². The maximum absolute atomic E-state index is 13.4. The zero-order valence-corrected chi connectivity index (χ0v) is 24.2. The Morgan fingerprint density at radius 2 is 1.57 bits per heavy atom. The van der Waals surface area contributed by atoms with Crippen LogP contribution in [0.5, 0.6) is 0 Å². The maximum atomic E-state index is 13.4. The minimum absolute atomic E-state index is 0.236. The van der Waals surface area contributed by atoms with Crippen molar-refractivity contribution >= 4 is 11.8 Å². The van der Waals surface area contributed by atoms with Crippen LogP contribution < -0.4 is 5.56 Å². The van der Waals surface area contributed by atoms with Gasteiger partial charge in [-0.2, -0.15) is 18.2 Å². The van der Waals surface area contributed by atoms with Crippen molar-refractivity contribution in [2.75, 3.05) is 0 Å². The van der Waals surface area contributed by atoms with E-state index in [1.165, 1.54) is 36.0 Å². The van der Waals surface area contributed by atoms with Gasteiger partial charge in [-0.15, -0.1) is 0 Å². The van der Waals surface area contributed by atoms with Gasteiger partial charge in [-0.3, -0.25) is 4.79 Å². The third-order valence-electron chi connectivity index (χ3n) is 7.76. The normalized spacial score (nSPS) is 12.9. The SMILES string of the molecule is O=c1nc(SCc2ccc(F)cc2)n(Cc2noc(CO)c2Cc2ccc(-c3ccc(C(F)(F)F)cc3)cc2)c2c1CCC2. The quantitative estimate of drug-likeness (QED) is 0.109. The number of thioether (sulfide) groups is 1. The number of aliphatic hydroxyl groups is 1. The molecular formula is C33H27F4N3O3S. The number of halogens is 4. The molecule has 0 fully saturated rings. The maximum Gasteiger partial charge on any atom is 0.416 e. The van der Waals surface area contributed by atoms with Crippen LogP contribution in [0.1, 0.15) is 51.4 Å². The van der Waals surface area contributed by atoms with Crippen LogP contribution in [0, 0.1) is 5.82 Å². The van der Waals surface area contributed by atoms with E-state index in [0.29, 0.717) is 46.3 Å². The van der Waals surface area contributed by atoms with Gasteiger partial charge in [0.1, 0.15) is 18.1 Å². The molecule has 1 aliphatic carbocycles. The first-order valence-electron chi connectivity index (χ1n) is 14.0. The third-order valence-corrected chi connectivity index (χ3v) is 8.81.